The molecule has 1 atom stereocenters. The molecular formula is C9H19N2O2PU. The predicted molar refractivity (Wildman–Crippen MR) is 57.4 cm³/mol. The van der Waals surface area contributed by atoms with Crippen molar-refractivity contribution in [3.8, 4) is 6.07 Å². The van der Waals surface area contributed by atoms with Crippen molar-refractivity contribution in [3.63, 3.8) is 0 Å². The van der Waals surface area contributed by atoms with E-state index in [0.717, 1.165) is 0 Å². The second-order valence-corrected chi connectivity index (χ2v) is 4.79. The third-order valence-corrected chi connectivity index (χ3v) is 3.41. The second kappa shape index (κ2) is 10.0. The minimum absolute atomic E-state index is 0. The van der Waals surface area contributed by atoms with Crippen LogP contribution in [0.3, 0.4) is 0 Å². The van der Waals surface area contributed by atoms with E-state index in [1.165, 1.54) is 0 Å². The van der Waals surface area contributed by atoms with Gasteiger partial charge in [0.15, 0.2) is 0 Å². The second-order valence-electron chi connectivity index (χ2n) is 3.56. The number of hydrogen-bond acceptors (Lipinski definition) is 4. The molecule has 0 saturated heterocycles. The summed E-state index contributed by atoms with van der Waals surface area (Å²) in [6, 6.07) is 2.46. The van der Waals surface area contributed by atoms with Crippen LogP contribution >= 0.6 is 8.53 Å². The summed E-state index contributed by atoms with van der Waals surface area (Å²) in [7, 11) is -1.55. The van der Waals surface area contributed by atoms with E-state index >= 15 is 0 Å². The molecule has 0 aromatic carbocycles. The van der Waals surface area contributed by atoms with Gasteiger partial charge in [-0.2, -0.15) is 5.26 Å². The van der Waals surface area contributed by atoms with E-state index < -0.39 is 8.53 Å². The fraction of sp³-hybridized carbons (Fsp3) is 0.889. The van der Waals surface area contributed by atoms with Crippen LogP contribution in [0, 0.1) is 42.4 Å². The first-order chi connectivity index (χ1) is 6.50. The largest absolute Gasteiger partial charge is 0.338 e. The van der Waals surface area contributed by atoms with Gasteiger partial charge in [0, 0.05) is 43.2 Å². The molecule has 6 heteroatoms. The minimum atomic E-state index is -1.55. The van der Waals surface area contributed by atoms with Crippen LogP contribution in [0.4, 0.5) is 0 Å². The Bertz CT molecular complexity index is 189. The molecule has 15 heavy (non-hydrogen) atoms. The summed E-state index contributed by atoms with van der Waals surface area (Å²) in [5.41, 5.74) is 0. The fourth-order valence-corrected chi connectivity index (χ4v) is 2.41. The van der Waals surface area contributed by atoms with Crippen LogP contribution in [0.25, 0.3) is 0 Å². The summed E-state index contributed by atoms with van der Waals surface area (Å²) in [6.07, 6.45) is 0.323. The maximum atomic E-state index is 9.74. The molecule has 0 spiro atoms. The molecule has 0 aliphatic heterocycles. The molecule has 0 aromatic rings. The molecule has 0 bridgehead atoms. The first-order valence-corrected chi connectivity index (χ1v) is 5.94. The molecule has 0 heterocycles. The Hall–Kier alpha value is 0.852. The van der Waals surface area contributed by atoms with E-state index in [4.69, 9.17) is 9.79 Å². The number of nitriles is 1. The zero-order valence-corrected chi connectivity index (χ0v) is 14.8. The predicted octanol–water partition coefficient (Wildman–Crippen LogP) is 2.25. The Morgan fingerprint density at radius 2 is 1.80 bits per heavy atom. The molecule has 0 aliphatic carbocycles. The molecule has 0 rings (SSSR count). The summed E-state index contributed by atoms with van der Waals surface area (Å²) in [5, 5.41) is 8.32. The van der Waals surface area contributed by atoms with Crippen molar-refractivity contribution >= 4 is 8.53 Å². The van der Waals surface area contributed by atoms with Gasteiger partial charge in [0.05, 0.1) is 19.1 Å². The standard InChI is InChI=1S/C9H19N2O2P.U/c1-8(2)11(9(3)4)14(12)13-7-5-6-10;/h8-9,12H,5,7H2,1-4H3;. The van der Waals surface area contributed by atoms with Gasteiger partial charge in [-0.25, -0.2) is 4.67 Å². The van der Waals surface area contributed by atoms with Gasteiger partial charge >= 0.3 is 0 Å². The summed E-state index contributed by atoms with van der Waals surface area (Å²) < 4.78 is 7.10. The van der Waals surface area contributed by atoms with E-state index in [1.807, 2.05) is 38.4 Å². The van der Waals surface area contributed by atoms with Gasteiger partial charge in [0.25, 0.3) is 8.53 Å². The Morgan fingerprint density at radius 1 is 1.33 bits per heavy atom. The SMILES string of the molecule is CC(C)N(C(C)C)P(O)OCCC#N.[U]. The van der Waals surface area contributed by atoms with Crippen molar-refractivity contribution in [1.29, 1.82) is 5.26 Å². The molecule has 0 radical (unpaired) electrons. The van der Waals surface area contributed by atoms with Gasteiger partial charge in [-0.15, -0.1) is 0 Å². The monoisotopic (exact) mass is 456 g/mol. The van der Waals surface area contributed by atoms with Crippen molar-refractivity contribution in [1.82, 2.24) is 4.67 Å². The van der Waals surface area contributed by atoms with Crippen LogP contribution in [0.2, 0.25) is 0 Å². The maximum absolute atomic E-state index is 9.74. The van der Waals surface area contributed by atoms with Crippen molar-refractivity contribution in [3.05, 3.63) is 0 Å². The molecule has 4 nitrogen and oxygen atoms in total. The van der Waals surface area contributed by atoms with Crippen LogP contribution < -0.4 is 0 Å². The average molecular weight is 456 g/mol. The molecular weight excluding hydrogens is 437 g/mol. The molecule has 0 aliphatic rings. The molecule has 86 valence electrons. The van der Waals surface area contributed by atoms with Crippen molar-refractivity contribution in [2.75, 3.05) is 6.61 Å². The van der Waals surface area contributed by atoms with E-state index in [9.17, 15) is 4.89 Å². The van der Waals surface area contributed by atoms with Crippen molar-refractivity contribution < 1.29 is 40.5 Å². The molecule has 0 aromatic heterocycles. The quantitative estimate of drug-likeness (QED) is 0.493. The zero-order valence-electron chi connectivity index (χ0n) is 9.77. The zero-order chi connectivity index (χ0) is 11.1. The normalized spacial score (nSPS) is 12.7. The van der Waals surface area contributed by atoms with E-state index in [-0.39, 0.29) is 43.2 Å². The summed E-state index contributed by atoms with van der Waals surface area (Å²) in [5.74, 6) is 0. The molecule has 0 saturated carbocycles. The first kappa shape index (κ1) is 18.2. The van der Waals surface area contributed by atoms with Gasteiger partial charge in [-0.1, -0.05) is 0 Å². The van der Waals surface area contributed by atoms with Crippen LogP contribution in [-0.2, 0) is 4.52 Å². The van der Waals surface area contributed by atoms with Crippen LogP contribution in [0.15, 0.2) is 0 Å². The average Bonchev–Trinajstić information content (AvgIpc) is 2.03. The molecule has 0 fully saturated rings. The van der Waals surface area contributed by atoms with Crippen molar-refractivity contribution in [2.45, 2.75) is 46.2 Å². The summed E-state index contributed by atoms with van der Waals surface area (Å²) in [6.45, 7) is 8.35. The molecule has 1 unspecified atom stereocenters. The maximum Gasteiger partial charge on any atom is 0.256 e. The van der Waals surface area contributed by atoms with Gasteiger partial charge in [0.1, 0.15) is 0 Å². The number of rotatable bonds is 6. The van der Waals surface area contributed by atoms with Gasteiger partial charge in [-0.3, -0.25) is 0 Å². The molecule has 1 N–H and O–H groups in total. The Balaban J connectivity index is 0. The Kier molecular flexibility index (Phi) is 12.2. The third kappa shape index (κ3) is 7.70. The van der Waals surface area contributed by atoms with E-state index in [0.29, 0.717) is 13.0 Å². The summed E-state index contributed by atoms with van der Waals surface area (Å²) >= 11 is 0. The molecule has 0 amide bonds. The third-order valence-electron chi connectivity index (χ3n) is 1.68. The van der Waals surface area contributed by atoms with E-state index in [1.54, 1.807) is 0 Å². The van der Waals surface area contributed by atoms with Gasteiger partial charge in [-0.05, 0) is 27.7 Å². The van der Waals surface area contributed by atoms with Crippen LogP contribution in [0.1, 0.15) is 34.1 Å². The first-order valence-electron chi connectivity index (χ1n) is 4.77. The van der Waals surface area contributed by atoms with Crippen LogP contribution in [-0.4, -0.2) is 28.3 Å². The van der Waals surface area contributed by atoms with Crippen LogP contribution in [0.5, 0.6) is 0 Å². The van der Waals surface area contributed by atoms with Crippen molar-refractivity contribution in [2.24, 2.45) is 0 Å². The minimum Gasteiger partial charge on any atom is -0.338 e. The Labute approximate surface area is 117 Å². The summed E-state index contributed by atoms with van der Waals surface area (Å²) in [4.78, 5) is 9.74. The Morgan fingerprint density at radius 3 is 2.13 bits per heavy atom. The van der Waals surface area contributed by atoms with Gasteiger partial charge < -0.3 is 9.42 Å². The number of nitrogens with zero attached hydrogens (tertiary/aromatic N) is 2. The fourth-order valence-electron chi connectivity index (χ4n) is 1.23. The van der Waals surface area contributed by atoms with Gasteiger partial charge in [0.2, 0.25) is 0 Å². The number of hydrogen-bond donors (Lipinski definition) is 1. The smallest absolute Gasteiger partial charge is 0.256 e. The van der Waals surface area contributed by atoms with E-state index in [2.05, 4.69) is 0 Å². The topological polar surface area (TPSA) is 56.5 Å².